The molecule has 1 heterocycles. The monoisotopic (exact) mass is 262 g/mol. The third-order valence-corrected chi connectivity index (χ3v) is 2.59. The molecule has 0 spiro atoms. The Labute approximate surface area is 112 Å². The van der Waals surface area contributed by atoms with Crippen molar-refractivity contribution in [3.8, 4) is 23.0 Å². The van der Waals surface area contributed by atoms with Crippen LogP contribution in [0.1, 0.15) is 26.6 Å². The van der Waals surface area contributed by atoms with E-state index in [0.717, 1.165) is 0 Å². The van der Waals surface area contributed by atoms with Crippen LogP contribution in [0.5, 0.6) is 11.5 Å². The topological polar surface area (TPSA) is 68.4 Å². The fraction of sp³-hybridized carbons (Fsp3) is 0.429. The standard InChI is InChI=1S/C14H18N2O3/c1-14(2,3)8-12-15-13(19-16-12)10-6-5-9(18-4)7-11(10)17/h5-7,17H,8H2,1-4H3. The minimum Gasteiger partial charge on any atom is -0.507 e. The second kappa shape index (κ2) is 4.91. The van der Waals surface area contributed by atoms with Crippen LogP contribution in [0.15, 0.2) is 22.7 Å². The number of aromatic nitrogens is 2. The molecule has 0 bridgehead atoms. The lowest BCUT2D eigenvalue weighted by Gasteiger charge is -2.14. The van der Waals surface area contributed by atoms with Crippen molar-refractivity contribution in [1.82, 2.24) is 10.1 Å². The number of hydrogen-bond acceptors (Lipinski definition) is 5. The number of benzene rings is 1. The second-order valence-corrected chi connectivity index (χ2v) is 5.64. The van der Waals surface area contributed by atoms with Gasteiger partial charge in [-0.1, -0.05) is 25.9 Å². The number of ether oxygens (including phenoxy) is 1. The fourth-order valence-electron chi connectivity index (χ4n) is 1.73. The minimum absolute atomic E-state index is 0.0605. The first kappa shape index (κ1) is 13.4. The predicted octanol–water partition coefficient (Wildman–Crippen LogP) is 3.04. The molecule has 2 aromatic rings. The maximum Gasteiger partial charge on any atom is 0.261 e. The number of phenols is 1. The Kier molecular flexibility index (Phi) is 3.46. The van der Waals surface area contributed by atoms with Crippen LogP contribution in [0.25, 0.3) is 11.5 Å². The zero-order valence-corrected chi connectivity index (χ0v) is 11.6. The van der Waals surface area contributed by atoms with Gasteiger partial charge in [0.15, 0.2) is 5.82 Å². The molecule has 1 aromatic heterocycles. The van der Waals surface area contributed by atoms with Crippen LogP contribution in [0.3, 0.4) is 0 Å². The average Bonchev–Trinajstić information content (AvgIpc) is 2.74. The number of rotatable bonds is 3. The zero-order chi connectivity index (χ0) is 14.0. The molecule has 0 saturated heterocycles. The highest BCUT2D eigenvalue weighted by atomic mass is 16.5. The quantitative estimate of drug-likeness (QED) is 0.920. The van der Waals surface area contributed by atoms with E-state index in [4.69, 9.17) is 9.26 Å². The van der Waals surface area contributed by atoms with E-state index in [-0.39, 0.29) is 11.2 Å². The van der Waals surface area contributed by atoms with Crippen molar-refractivity contribution in [1.29, 1.82) is 0 Å². The highest BCUT2D eigenvalue weighted by Gasteiger charge is 2.18. The molecule has 5 heteroatoms. The van der Waals surface area contributed by atoms with E-state index in [2.05, 4.69) is 30.9 Å². The summed E-state index contributed by atoms with van der Waals surface area (Å²) < 4.78 is 10.2. The molecule has 0 amide bonds. The summed E-state index contributed by atoms with van der Waals surface area (Å²) in [5.74, 6) is 1.60. The van der Waals surface area contributed by atoms with Gasteiger partial charge in [-0.2, -0.15) is 4.98 Å². The Morgan fingerprint density at radius 3 is 2.63 bits per heavy atom. The van der Waals surface area contributed by atoms with Crippen molar-refractivity contribution in [3.63, 3.8) is 0 Å². The van der Waals surface area contributed by atoms with Crippen LogP contribution in [-0.4, -0.2) is 22.4 Å². The Morgan fingerprint density at radius 1 is 1.32 bits per heavy atom. The Balaban J connectivity index is 2.28. The van der Waals surface area contributed by atoms with E-state index in [1.165, 1.54) is 6.07 Å². The summed E-state index contributed by atoms with van der Waals surface area (Å²) >= 11 is 0. The van der Waals surface area contributed by atoms with Crippen molar-refractivity contribution in [3.05, 3.63) is 24.0 Å². The normalized spacial score (nSPS) is 11.6. The maximum absolute atomic E-state index is 9.91. The van der Waals surface area contributed by atoms with Gasteiger partial charge in [0.2, 0.25) is 0 Å². The van der Waals surface area contributed by atoms with Gasteiger partial charge >= 0.3 is 0 Å². The van der Waals surface area contributed by atoms with E-state index in [0.29, 0.717) is 29.4 Å². The molecule has 0 atom stereocenters. The third-order valence-electron chi connectivity index (χ3n) is 2.59. The van der Waals surface area contributed by atoms with Gasteiger partial charge < -0.3 is 14.4 Å². The van der Waals surface area contributed by atoms with Crippen molar-refractivity contribution >= 4 is 0 Å². The summed E-state index contributed by atoms with van der Waals surface area (Å²) in [5.41, 5.74) is 0.594. The number of methoxy groups -OCH3 is 1. The molecule has 5 nitrogen and oxygen atoms in total. The van der Waals surface area contributed by atoms with Gasteiger partial charge in [0.05, 0.1) is 12.7 Å². The van der Waals surface area contributed by atoms with Crippen LogP contribution in [0.2, 0.25) is 0 Å². The van der Waals surface area contributed by atoms with Crippen LogP contribution >= 0.6 is 0 Å². The molecule has 0 fully saturated rings. The van der Waals surface area contributed by atoms with Gasteiger partial charge in [0.1, 0.15) is 11.5 Å². The van der Waals surface area contributed by atoms with Crippen molar-refractivity contribution in [2.24, 2.45) is 5.41 Å². The van der Waals surface area contributed by atoms with Gasteiger partial charge in [-0.15, -0.1) is 0 Å². The SMILES string of the molecule is COc1ccc(-c2nc(CC(C)(C)C)no2)c(O)c1. The first-order valence-corrected chi connectivity index (χ1v) is 6.09. The van der Waals surface area contributed by atoms with Crippen molar-refractivity contribution < 1.29 is 14.4 Å². The molecular formula is C14H18N2O3. The molecule has 2 rings (SSSR count). The predicted molar refractivity (Wildman–Crippen MR) is 71.1 cm³/mol. The van der Waals surface area contributed by atoms with Crippen molar-refractivity contribution in [2.45, 2.75) is 27.2 Å². The first-order valence-electron chi connectivity index (χ1n) is 6.09. The van der Waals surface area contributed by atoms with Crippen LogP contribution in [0.4, 0.5) is 0 Å². The smallest absolute Gasteiger partial charge is 0.261 e. The van der Waals surface area contributed by atoms with Gasteiger partial charge in [-0.25, -0.2) is 0 Å². The molecule has 0 radical (unpaired) electrons. The molecule has 0 saturated carbocycles. The molecule has 1 N–H and O–H groups in total. The summed E-state index contributed by atoms with van der Waals surface area (Å²) in [5, 5.41) is 13.8. The van der Waals surface area contributed by atoms with Crippen LogP contribution in [-0.2, 0) is 6.42 Å². The zero-order valence-electron chi connectivity index (χ0n) is 11.6. The molecule has 0 unspecified atom stereocenters. The summed E-state index contributed by atoms with van der Waals surface area (Å²) in [6.45, 7) is 6.32. The summed E-state index contributed by atoms with van der Waals surface area (Å²) in [7, 11) is 1.54. The average molecular weight is 262 g/mol. The Bertz CT molecular complexity index is 570. The summed E-state index contributed by atoms with van der Waals surface area (Å²) in [6.07, 6.45) is 0.716. The molecule has 1 aromatic carbocycles. The summed E-state index contributed by atoms with van der Waals surface area (Å²) in [4.78, 5) is 4.30. The maximum atomic E-state index is 9.91. The van der Waals surface area contributed by atoms with Gasteiger partial charge in [-0.05, 0) is 17.5 Å². The summed E-state index contributed by atoms with van der Waals surface area (Å²) in [6, 6.07) is 4.95. The van der Waals surface area contributed by atoms with Gasteiger partial charge in [-0.3, -0.25) is 0 Å². The van der Waals surface area contributed by atoms with Crippen molar-refractivity contribution in [2.75, 3.05) is 7.11 Å². The molecular weight excluding hydrogens is 244 g/mol. The molecule has 102 valence electrons. The molecule has 0 aliphatic carbocycles. The minimum atomic E-state index is 0.0605. The van der Waals surface area contributed by atoms with E-state index in [1.807, 2.05) is 0 Å². The Hall–Kier alpha value is -2.04. The lowest BCUT2D eigenvalue weighted by molar-refractivity contribution is 0.373. The van der Waals surface area contributed by atoms with E-state index < -0.39 is 0 Å². The van der Waals surface area contributed by atoms with Gasteiger partial charge in [0, 0.05) is 12.5 Å². The first-order chi connectivity index (χ1) is 8.89. The van der Waals surface area contributed by atoms with E-state index in [1.54, 1.807) is 19.2 Å². The number of aromatic hydroxyl groups is 1. The lowest BCUT2D eigenvalue weighted by Crippen LogP contribution is -2.10. The van der Waals surface area contributed by atoms with E-state index >= 15 is 0 Å². The third kappa shape index (κ3) is 3.24. The highest BCUT2D eigenvalue weighted by molar-refractivity contribution is 5.63. The molecule has 0 aliphatic rings. The van der Waals surface area contributed by atoms with Crippen LogP contribution < -0.4 is 4.74 Å². The van der Waals surface area contributed by atoms with E-state index in [9.17, 15) is 5.11 Å². The fourth-order valence-corrected chi connectivity index (χ4v) is 1.73. The number of hydrogen-bond donors (Lipinski definition) is 1. The molecule has 19 heavy (non-hydrogen) atoms. The number of nitrogens with zero attached hydrogens (tertiary/aromatic N) is 2. The lowest BCUT2D eigenvalue weighted by atomic mass is 9.92. The largest absolute Gasteiger partial charge is 0.507 e. The second-order valence-electron chi connectivity index (χ2n) is 5.64. The molecule has 0 aliphatic heterocycles. The Morgan fingerprint density at radius 2 is 2.05 bits per heavy atom. The number of phenolic OH excluding ortho intramolecular Hbond substituents is 1. The van der Waals surface area contributed by atoms with Gasteiger partial charge in [0.25, 0.3) is 5.89 Å². The highest BCUT2D eigenvalue weighted by Crippen LogP contribution is 2.31. The van der Waals surface area contributed by atoms with Crippen LogP contribution in [0, 0.1) is 5.41 Å².